The van der Waals surface area contributed by atoms with Crippen molar-refractivity contribution in [2.75, 3.05) is 18.0 Å². The van der Waals surface area contributed by atoms with Crippen molar-refractivity contribution in [3.63, 3.8) is 0 Å². The summed E-state index contributed by atoms with van der Waals surface area (Å²) in [4.78, 5) is 24.6. The highest BCUT2D eigenvalue weighted by Gasteiger charge is 2.31. The van der Waals surface area contributed by atoms with Gasteiger partial charge in [0.1, 0.15) is 11.1 Å². The third kappa shape index (κ3) is 4.32. The lowest BCUT2D eigenvalue weighted by atomic mass is 10.2. The van der Waals surface area contributed by atoms with Crippen LogP contribution in [-0.4, -0.2) is 44.6 Å². The van der Waals surface area contributed by atoms with E-state index in [0.717, 1.165) is 6.20 Å². The molecule has 7 nitrogen and oxygen atoms in total. The van der Waals surface area contributed by atoms with E-state index >= 15 is 0 Å². The first-order valence-corrected chi connectivity index (χ1v) is 8.90. The fourth-order valence-electron chi connectivity index (χ4n) is 2.37. The Balaban J connectivity index is 2.32. The molecular formula is C17H20Cl2FN5O2. The van der Waals surface area contributed by atoms with Gasteiger partial charge in [0.25, 0.3) is 0 Å². The van der Waals surface area contributed by atoms with Crippen LogP contribution < -0.4 is 5.01 Å². The number of amides is 1. The Labute approximate surface area is 172 Å². The van der Waals surface area contributed by atoms with Crippen molar-refractivity contribution in [3.8, 4) is 0 Å². The number of anilines is 1. The Morgan fingerprint density at radius 1 is 1.26 bits per heavy atom. The van der Waals surface area contributed by atoms with Crippen LogP contribution in [0.25, 0.3) is 10.9 Å². The van der Waals surface area contributed by atoms with Crippen LogP contribution in [0, 0.1) is 5.82 Å². The second-order valence-electron chi connectivity index (χ2n) is 6.72. The van der Waals surface area contributed by atoms with Gasteiger partial charge < -0.3 is 4.74 Å². The Morgan fingerprint density at radius 3 is 2.67 bits per heavy atom. The Bertz CT molecular complexity index is 1040. The molecule has 0 N–H and O–H groups in total. The van der Waals surface area contributed by atoms with E-state index in [-0.39, 0.29) is 36.0 Å². The summed E-state index contributed by atoms with van der Waals surface area (Å²) in [6.45, 7) is 0.108. The molecule has 0 atom stereocenters. The average molecular weight is 420 g/mol. The van der Waals surface area contributed by atoms with Crippen LogP contribution in [0.15, 0.2) is 6.20 Å². The second-order valence-corrected chi connectivity index (χ2v) is 7.41. The molecule has 27 heavy (non-hydrogen) atoms. The summed E-state index contributed by atoms with van der Waals surface area (Å²) in [5.41, 5.74) is -1.34. The van der Waals surface area contributed by atoms with Gasteiger partial charge in [0.05, 0.1) is 10.9 Å². The molecule has 0 aliphatic carbocycles. The first kappa shape index (κ1) is 15.0. The summed E-state index contributed by atoms with van der Waals surface area (Å²) in [5.74, 6) is -1.35. The highest BCUT2D eigenvalue weighted by atomic mass is 35.5. The van der Waals surface area contributed by atoms with Gasteiger partial charge in [-0.3, -0.25) is 5.01 Å². The number of hydrogen-bond donors (Lipinski definition) is 0. The van der Waals surface area contributed by atoms with Gasteiger partial charge in [-0.25, -0.2) is 24.2 Å². The molecule has 0 aromatic carbocycles. The van der Waals surface area contributed by atoms with E-state index in [1.165, 1.54) is 0 Å². The summed E-state index contributed by atoms with van der Waals surface area (Å²) < 4.78 is 54.0. The van der Waals surface area contributed by atoms with Crippen LogP contribution in [0.4, 0.5) is 15.0 Å². The number of ether oxygens (including phenoxy) is 1. The van der Waals surface area contributed by atoms with E-state index in [1.807, 2.05) is 0 Å². The maximum absolute atomic E-state index is 14.6. The summed E-state index contributed by atoms with van der Waals surface area (Å²) in [6, 6.07) is 0. The lowest BCUT2D eigenvalue weighted by Gasteiger charge is -2.35. The van der Waals surface area contributed by atoms with Gasteiger partial charge in [-0.15, -0.1) is 0 Å². The normalized spacial score (nSPS) is 21.7. The van der Waals surface area contributed by atoms with Crippen LogP contribution in [0.2, 0.25) is 10.4 Å². The molecule has 0 spiro atoms. The van der Waals surface area contributed by atoms with Gasteiger partial charge >= 0.3 is 6.09 Å². The molecule has 0 radical (unpaired) electrons. The minimum atomic E-state index is -2.35. The number of carbonyl (C=O) groups excluding carboxylic acids is 1. The molecule has 2 aromatic heterocycles. The predicted octanol–water partition coefficient (Wildman–Crippen LogP) is 4.61. The monoisotopic (exact) mass is 419 g/mol. The Hall–Kier alpha value is -1.93. The number of carbonyl (C=O) groups is 1. The van der Waals surface area contributed by atoms with E-state index in [2.05, 4.69) is 15.0 Å². The van der Waals surface area contributed by atoms with Crippen LogP contribution >= 0.6 is 23.2 Å². The number of halogens is 3. The average Bonchev–Trinajstić information content (AvgIpc) is 2.69. The second kappa shape index (κ2) is 7.59. The van der Waals surface area contributed by atoms with Crippen LogP contribution in [0.5, 0.6) is 0 Å². The van der Waals surface area contributed by atoms with Crippen LogP contribution in [0.3, 0.4) is 0 Å². The minimum absolute atomic E-state index is 0.110. The molecule has 2 aromatic rings. The maximum atomic E-state index is 14.6. The van der Waals surface area contributed by atoms with E-state index in [0.29, 0.717) is 10.0 Å². The van der Waals surface area contributed by atoms with Gasteiger partial charge in [-0.1, -0.05) is 11.6 Å². The molecular weight excluding hydrogens is 396 g/mol. The van der Waals surface area contributed by atoms with Crippen molar-refractivity contribution in [2.24, 2.45) is 0 Å². The van der Waals surface area contributed by atoms with E-state index < -0.39 is 40.9 Å². The number of hydrazine groups is 1. The Morgan fingerprint density at radius 2 is 1.96 bits per heavy atom. The van der Waals surface area contributed by atoms with E-state index in [1.54, 1.807) is 20.8 Å². The molecule has 146 valence electrons. The van der Waals surface area contributed by atoms with Crippen molar-refractivity contribution in [3.05, 3.63) is 22.5 Å². The van der Waals surface area contributed by atoms with Gasteiger partial charge in [0, 0.05) is 19.2 Å². The standard InChI is InChI=1S/C17H20Cl2FN5O2/c1-17(2,3)27-16(26)25-8-6-4-5-7-24(25)14-10-9-21-13(18)11(20)12(10)22-15(19)23-14/h9H,4-8H2,1-3H3/i7D2,8D2. The first-order valence-electron chi connectivity index (χ1n) is 10.1. The smallest absolute Gasteiger partial charge is 0.429 e. The number of aromatic nitrogens is 3. The van der Waals surface area contributed by atoms with Gasteiger partial charge in [-0.05, 0) is 51.6 Å². The molecule has 0 saturated carbocycles. The topological polar surface area (TPSA) is 71.5 Å². The molecule has 1 aliphatic heterocycles. The van der Waals surface area contributed by atoms with Crippen molar-refractivity contribution in [2.45, 2.75) is 45.6 Å². The van der Waals surface area contributed by atoms with Crippen molar-refractivity contribution in [1.29, 1.82) is 0 Å². The fraction of sp³-hybridized carbons (Fsp3) is 0.529. The number of hydrogen-bond acceptors (Lipinski definition) is 6. The van der Waals surface area contributed by atoms with Gasteiger partial charge in [0.2, 0.25) is 5.28 Å². The zero-order valence-corrected chi connectivity index (χ0v) is 16.4. The summed E-state index contributed by atoms with van der Waals surface area (Å²) >= 11 is 11.7. The number of pyridine rings is 1. The predicted molar refractivity (Wildman–Crippen MR) is 101 cm³/mol. The van der Waals surface area contributed by atoms with Crippen molar-refractivity contribution < 1.29 is 19.4 Å². The highest BCUT2D eigenvalue weighted by molar-refractivity contribution is 6.30. The molecule has 10 heteroatoms. The molecule has 0 bridgehead atoms. The molecule has 1 aliphatic rings. The molecule has 0 unspecified atom stereocenters. The summed E-state index contributed by atoms with van der Waals surface area (Å²) in [6.07, 6.45) is -0.245. The lowest BCUT2D eigenvalue weighted by Crippen LogP contribution is -2.49. The summed E-state index contributed by atoms with van der Waals surface area (Å²) in [7, 11) is 0. The van der Waals surface area contributed by atoms with Crippen molar-refractivity contribution in [1.82, 2.24) is 20.0 Å². The van der Waals surface area contributed by atoms with E-state index in [4.69, 9.17) is 33.4 Å². The summed E-state index contributed by atoms with van der Waals surface area (Å²) in [5, 5.41) is 0.191. The fourth-order valence-corrected chi connectivity index (χ4v) is 2.68. The number of rotatable bonds is 1. The number of fused-ring (bicyclic) bond motifs is 1. The largest absolute Gasteiger partial charge is 0.442 e. The SMILES string of the molecule is [2H]C1([2H])CCCC([2H])([2H])N(c2nc(Cl)nc3c(F)c(Cl)ncc23)N1C(=O)OC(C)(C)C. The lowest BCUT2D eigenvalue weighted by molar-refractivity contribution is 0.0232. The zero-order chi connectivity index (χ0) is 23.4. The van der Waals surface area contributed by atoms with Crippen molar-refractivity contribution >= 4 is 46.0 Å². The quantitative estimate of drug-likeness (QED) is 0.496. The van der Waals surface area contributed by atoms with Crippen LogP contribution in [0.1, 0.15) is 45.5 Å². The molecule has 3 rings (SSSR count). The number of nitrogens with zero attached hydrogens (tertiary/aromatic N) is 5. The minimum Gasteiger partial charge on any atom is -0.442 e. The Kier molecular flexibility index (Phi) is 4.23. The zero-order valence-electron chi connectivity index (χ0n) is 18.9. The first-order chi connectivity index (χ1) is 14.1. The maximum Gasteiger partial charge on any atom is 0.429 e. The third-order valence-corrected chi connectivity index (χ3v) is 3.87. The third-order valence-electron chi connectivity index (χ3n) is 3.44. The molecule has 1 saturated heterocycles. The molecule has 1 fully saturated rings. The van der Waals surface area contributed by atoms with E-state index in [9.17, 15) is 9.18 Å². The molecule has 3 heterocycles. The molecule has 1 amide bonds. The highest BCUT2D eigenvalue weighted by Crippen LogP contribution is 2.31. The van der Waals surface area contributed by atoms with Gasteiger partial charge in [0.15, 0.2) is 16.8 Å². The van der Waals surface area contributed by atoms with Crippen LogP contribution in [-0.2, 0) is 4.74 Å². The van der Waals surface area contributed by atoms with Gasteiger partial charge in [-0.2, -0.15) is 4.98 Å².